The largest absolute Gasteiger partial charge is 0.394 e. The van der Waals surface area contributed by atoms with Crippen molar-refractivity contribution < 1.29 is 10.2 Å². The molecule has 1 fully saturated rings. The lowest BCUT2D eigenvalue weighted by Crippen LogP contribution is -2.36. The van der Waals surface area contributed by atoms with Crippen LogP contribution in [-0.4, -0.2) is 35.5 Å². The van der Waals surface area contributed by atoms with E-state index in [2.05, 4.69) is 5.32 Å². The van der Waals surface area contributed by atoms with Crippen LogP contribution in [0.15, 0.2) is 0 Å². The minimum atomic E-state index is -0.563. The number of aliphatic hydroxyl groups excluding tert-OH is 2. The maximum atomic E-state index is 9.05. The maximum absolute atomic E-state index is 9.05. The lowest BCUT2D eigenvalue weighted by molar-refractivity contribution is 0.0686. The lowest BCUT2D eigenvalue weighted by Gasteiger charge is -2.14. The molecule has 0 aliphatic carbocycles. The van der Waals surface area contributed by atoms with Gasteiger partial charge in [0.15, 0.2) is 0 Å². The van der Waals surface area contributed by atoms with E-state index in [1.54, 1.807) is 0 Å². The zero-order valence-electron chi connectivity index (χ0n) is 5.79. The molecule has 0 aromatic carbocycles. The van der Waals surface area contributed by atoms with Crippen LogP contribution < -0.4 is 5.32 Å². The molecule has 1 aliphatic heterocycles. The zero-order chi connectivity index (χ0) is 6.69. The highest BCUT2D eigenvalue weighted by atomic mass is 35.5. The summed E-state index contributed by atoms with van der Waals surface area (Å²) >= 11 is 0. The molecular weight excluding hydrogens is 154 g/mol. The number of nitrogens with one attached hydrogen (secondary N) is 1. The Kier molecular flexibility index (Phi) is 4.99. The Morgan fingerprint density at radius 1 is 1.60 bits per heavy atom. The van der Waals surface area contributed by atoms with Gasteiger partial charge in [-0.05, 0) is 19.4 Å². The van der Waals surface area contributed by atoms with Gasteiger partial charge in [0.1, 0.15) is 0 Å². The molecule has 2 unspecified atom stereocenters. The SMILES string of the molecule is Cl.OCC(O)C1CCCN1. The molecule has 0 amide bonds. The van der Waals surface area contributed by atoms with E-state index in [4.69, 9.17) is 10.2 Å². The molecule has 0 spiro atoms. The summed E-state index contributed by atoms with van der Waals surface area (Å²) in [5.41, 5.74) is 0. The van der Waals surface area contributed by atoms with Crippen LogP contribution in [0, 0.1) is 0 Å². The fourth-order valence-corrected chi connectivity index (χ4v) is 1.17. The maximum Gasteiger partial charge on any atom is 0.0923 e. The molecule has 3 N–H and O–H groups in total. The van der Waals surface area contributed by atoms with Gasteiger partial charge in [0.05, 0.1) is 12.7 Å². The van der Waals surface area contributed by atoms with Crippen LogP contribution in [0.1, 0.15) is 12.8 Å². The minimum absolute atomic E-state index is 0. The quantitative estimate of drug-likeness (QED) is 0.521. The number of rotatable bonds is 2. The van der Waals surface area contributed by atoms with Crippen LogP contribution in [0.25, 0.3) is 0 Å². The lowest BCUT2D eigenvalue weighted by atomic mass is 10.1. The highest BCUT2D eigenvalue weighted by Gasteiger charge is 2.20. The van der Waals surface area contributed by atoms with E-state index >= 15 is 0 Å². The minimum Gasteiger partial charge on any atom is -0.394 e. The second-order valence-corrected chi connectivity index (χ2v) is 2.45. The van der Waals surface area contributed by atoms with Crippen LogP contribution in [0.3, 0.4) is 0 Å². The first-order valence-corrected chi connectivity index (χ1v) is 3.37. The Morgan fingerprint density at radius 3 is 2.70 bits per heavy atom. The van der Waals surface area contributed by atoms with Crippen molar-refractivity contribution >= 4 is 12.4 Å². The Labute approximate surface area is 66.8 Å². The van der Waals surface area contributed by atoms with Crippen molar-refractivity contribution in [2.24, 2.45) is 0 Å². The zero-order valence-corrected chi connectivity index (χ0v) is 6.60. The Morgan fingerprint density at radius 2 is 2.30 bits per heavy atom. The van der Waals surface area contributed by atoms with Gasteiger partial charge in [-0.25, -0.2) is 0 Å². The number of hydrogen-bond acceptors (Lipinski definition) is 3. The van der Waals surface area contributed by atoms with Crippen molar-refractivity contribution in [3.05, 3.63) is 0 Å². The summed E-state index contributed by atoms with van der Waals surface area (Å²) in [7, 11) is 0. The predicted molar refractivity (Wildman–Crippen MR) is 41.4 cm³/mol. The smallest absolute Gasteiger partial charge is 0.0923 e. The van der Waals surface area contributed by atoms with Crippen LogP contribution >= 0.6 is 12.4 Å². The first-order chi connectivity index (χ1) is 4.34. The van der Waals surface area contributed by atoms with E-state index < -0.39 is 6.10 Å². The Bertz CT molecular complexity index is 85.8. The van der Waals surface area contributed by atoms with Crippen molar-refractivity contribution in [2.75, 3.05) is 13.2 Å². The molecule has 0 bridgehead atoms. The Hall–Kier alpha value is 0.170. The first kappa shape index (κ1) is 10.2. The topological polar surface area (TPSA) is 52.5 Å². The molecule has 0 radical (unpaired) electrons. The summed E-state index contributed by atoms with van der Waals surface area (Å²) in [5.74, 6) is 0. The van der Waals surface area contributed by atoms with Crippen molar-refractivity contribution in [3.63, 3.8) is 0 Å². The molecule has 1 aliphatic rings. The van der Waals surface area contributed by atoms with Gasteiger partial charge in [0.25, 0.3) is 0 Å². The van der Waals surface area contributed by atoms with Crippen molar-refractivity contribution in [2.45, 2.75) is 25.0 Å². The fraction of sp³-hybridized carbons (Fsp3) is 1.00. The highest BCUT2D eigenvalue weighted by Crippen LogP contribution is 2.07. The van der Waals surface area contributed by atoms with Crippen LogP contribution in [-0.2, 0) is 0 Å². The Balaban J connectivity index is 0.000000810. The van der Waals surface area contributed by atoms with Gasteiger partial charge in [-0.1, -0.05) is 0 Å². The summed E-state index contributed by atoms with van der Waals surface area (Å²) in [5, 5.41) is 20.6. The van der Waals surface area contributed by atoms with Gasteiger partial charge in [-0.3, -0.25) is 0 Å². The molecule has 2 atom stereocenters. The van der Waals surface area contributed by atoms with Gasteiger partial charge >= 0.3 is 0 Å². The number of hydrogen-bond donors (Lipinski definition) is 3. The van der Waals surface area contributed by atoms with Gasteiger partial charge in [0, 0.05) is 6.04 Å². The highest BCUT2D eigenvalue weighted by molar-refractivity contribution is 5.85. The molecule has 0 aromatic heterocycles. The molecular formula is C6H14ClNO2. The van der Waals surface area contributed by atoms with E-state index in [-0.39, 0.29) is 25.1 Å². The van der Waals surface area contributed by atoms with Crippen molar-refractivity contribution in [1.29, 1.82) is 0 Å². The van der Waals surface area contributed by atoms with E-state index in [0.29, 0.717) is 0 Å². The van der Waals surface area contributed by atoms with E-state index in [1.807, 2.05) is 0 Å². The molecule has 1 saturated heterocycles. The van der Waals surface area contributed by atoms with Gasteiger partial charge in [-0.15, -0.1) is 12.4 Å². The summed E-state index contributed by atoms with van der Waals surface area (Å²) < 4.78 is 0. The predicted octanol–water partition coefficient (Wildman–Crippen LogP) is -0.487. The van der Waals surface area contributed by atoms with Crippen LogP contribution in [0.4, 0.5) is 0 Å². The molecule has 10 heavy (non-hydrogen) atoms. The van der Waals surface area contributed by atoms with Crippen molar-refractivity contribution in [3.8, 4) is 0 Å². The average molecular weight is 168 g/mol. The fourth-order valence-electron chi connectivity index (χ4n) is 1.17. The standard InChI is InChI=1S/C6H13NO2.ClH/c8-4-6(9)5-2-1-3-7-5;/h5-9H,1-4H2;1H. The van der Waals surface area contributed by atoms with E-state index in [0.717, 1.165) is 19.4 Å². The number of aliphatic hydroxyl groups is 2. The third kappa shape index (κ3) is 2.42. The van der Waals surface area contributed by atoms with Gasteiger partial charge in [0.2, 0.25) is 0 Å². The number of halogens is 1. The molecule has 4 heteroatoms. The third-order valence-electron chi connectivity index (χ3n) is 1.75. The normalized spacial score (nSPS) is 27.6. The van der Waals surface area contributed by atoms with Gasteiger partial charge < -0.3 is 15.5 Å². The van der Waals surface area contributed by atoms with Crippen molar-refractivity contribution in [1.82, 2.24) is 5.32 Å². The summed E-state index contributed by atoms with van der Waals surface area (Å²) in [6, 6.07) is 0.134. The summed E-state index contributed by atoms with van der Waals surface area (Å²) in [6.45, 7) is 0.847. The second-order valence-electron chi connectivity index (χ2n) is 2.45. The van der Waals surface area contributed by atoms with E-state index in [1.165, 1.54) is 0 Å². The second kappa shape index (κ2) is 4.91. The molecule has 1 rings (SSSR count). The summed E-state index contributed by atoms with van der Waals surface area (Å²) in [6.07, 6.45) is 1.54. The molecule has 0 saturated carbocycles. The molecule has 0 aromatic rings. The monoisotopic (exact) mass is 167 g/mol. The molecule has 3 nitrogen and oxygen atoms in total. The van der Waals surface area contributed by atoms with Crippen LogP contribution in [0.2, 0.25) is 0 Å². The first-order valence-electron chi connectivity index (χ1n) is 3.37. The van der Waals surface area contributed by atoms with Gasteiger partial charge in [-0.2, -0.15) is 0 Å². The molecule has 62 valence electrons. The van der Waals surface area contributed by atoms with Crippen LogP contribution in [0.5, 0.6) is 0 Å². The average Bonchev–Trinajstić information content (AvgIpc) is 2.37. The third-order valence-corrected chi connectivity index (χ3v) is 1.75. The summed E-state index contributed by atoms with van der Waals surface area (Å²) in [4.78, 5) is 0. The van der Waals surface area contributed by atoms with E-state index in [9.17, 15) is 0 Å². The molecule has 1 heterocycles.